The topological polar surface area (TPSA) is 111 Å². The van der Waals surface area contributed by atoms with E-state index in [0.29, 0.717) is 5.56 Å². The highest BCUT2D eigenvalue weighted by atomic mass is 32.2. The number of sulfonamides is 1. The third kappa shape index (κ3) is 5.73. The van der Waals surface area contributed by atoms with Crippen molar-refractivity contribution in [2.75, 3.05) is 0 Å². The molecule has 3 aromatic carbocycles. The number of hydrogen-bond donors (Lipinski definition) is 2. The molecule has 0 aliphatic heterocycles. The second kappa shape index (κ2) is 10.2. The van der Waals surface area contributed by atoms with Gasteiger partial charge in [-0.25, -0.2) is 22.3 Å². The Kier molecular flexibility index (Phi) is 7.09. The molecular formula is C26H21F2N3O4S. The lowest BCUT2D eigenvalue weighted by molar-refractivity contribution is 0.0948. The SMILES string of the molecule is NS(=O)(=O)c1ccc(-c2cccc(CNC(=O)c3cccn(Cc4ccc(F)c(F)c4)c3=O)c2)cc1. The largest absolute Gasteiger partial charge is 0.348 e. The van der Waals surface area contributed by atoms with Gasteiger partial charge in [0, 0.05) is 12.7 Å². The number of nitrogens with two attached hydrogens (primary N) is 1. The minimum absolute atomic E-state index is 0.00717. The van der Waals surface area contributed by atoms with Gasteiger partial charge in [0.2, 0.25) is 10.0 Å². The van der Waals surface area contributed by atoms with E-state index in [4.69, 9.17) is 5.14 Å². The Balaban J connectivity index is 1.47. The van der Waals surface area contributed by atoms with Crippen molar-refractivity contribution in [1.82, 2.24) is 9.88 Å². The summed E-state index contributed by atoms with van der Waals surface area (Å²) in [5.41, 5.74) is 2.05. The Bertz CT molecular complexity index is 1600. The average Bonchev–Trinajstić information content (AvgIpc) is 2.86. The first-order chi connectivity index (χ1) is 17.1. The van der Waals surface area contributed by atoms with Crippen molar-refractivity contribution >= 4 is 15.9 Å². The number of carbonyl (C=O) groups excluding carboxylic acids is 1. The number of halogens is 2. The molecule has 7 nitrogen and oxygen atoms in total. The van der Waals surface area contributed by atoms with Gasteiger partial charge in [0.25, 0.3) is 11.5 Å². The van der Waals surface area contributed by atoms with Crippen LogP contribution in [0.1, 0.15) is 21.5 Å². The number of benzene rings is 3. The molecule has 0 saturated carbocycles. The molecule has 184 valence electrons. The molecule has 4 rings (SSSR count). The second-order valence-electron chi connectivity index (χ2n) is 8.06. The second-order valence-corrected chi connectivity index (χ2v) is 9.62. The number of amides is 1. The molecule has 0 bridgehead atoms. The van der Waals surface area contributed by atoms with Crippen molar-refractivity contribution in [2.45, 2.75) is 18.0 Å². The van der Waals surface area contributed by atoms with Gasteiger partial charge < -0.3 is 9.88 Å². The van der Waals surface area contributed by atoms with Gasteiger partial charge in [-0.2, -0.15) is 0 Å². The smallest absolute Gasteiger partial charge is 0.263 e. The summed E-state index contributed by atoms with van der Waals surface area (Å²) in [6, 6.07) is 19.6. The molecule has 0 unspecified atom stereocenters. The van der Waals surface area contributed by atoms with Crippen LogP contribution in [-0.2, 0) is 23.1 Å². The summed E-state index contributed by atoms with van der Waals surface area (Å²) >= 11 is 0. The molecule has 36 heavy (non-hydrogen) atoms. The quantitative estimate of drug-likeness (QED) is 0.398. The van der Waals surface area contributed by atoms with E-state index in [9.17, 15) is 26.8 Å². The highest BCUT2D eigenvalue weighted by molar-refractivity contribution is 7.89. The number of carbonyl (C=O) groups is 1. The number of nitrogens with zero attached hydrogens (tertiary/aromatic N) is 1. The molecule has 1 aromatic heterocycles. The Morgan fingerprint density at radius 1 is 0.861 bits per heavy atom. The van der Waals surface area contributed by atoms with Crippen LogP contribution in [0, 0.1) is 11.6 Å². The fourth-order valence-electron chi connectivity index (χ4n) is 3.64. The summed E-state index contributed by atoms with van der Waals surface area (Å²) in [4.78, 5) is 25.5. The molecule has 0 saturated heterocycles. The zero-order chi connectivity index (χ0) is 25.9. The summed E-state index contributed by atoms with van der Waals surface area (Å²) in [6.07, 6.45) is 1.46. The van der Waals surface area contributed by atoms with Crippen LogP contribution in [0.2, 0.25) is 0 Å². The maximum absolute atomic E-state index is 13.5. The van der Waals surface area contributed by atoms with Gasteiger partial charge in [-0.3, -0.25) is 9.59 Å². The number of nitrogens with one attached hydrogen (secondary N) is 1. The van der Waals surface area contributed by atoms with Gasteiger partial charge in [-0.1, -0.05) is 36.4 Å². The minimum Gasteiger partial charge on any atom is -0.348 e. The first kappa shape index (κ1) is 25.0. The highest BCUT2D eigenvalue weighted by Gasteiger charge is 2.13. The molecule has 3 N–H and O–H groups in total. The van der Waals surface area contributed by atoms with E-state index < -0.39 is 33.1 Å². The summed E-state index contributed by atoms with van der Waals surface area (Å²) < 4.78 is 50.8. The Labute approximate surface area is 205 Å². The molecule has 0 fully saturated rings. The van der Waals surface area contributed by atoms with Crippen LogP contribution >= 0.6 is 0 Å². The lowest BCUT2D eigenvalue weighted by Gasteiger charge is -2.10. The van der Waals surface area contributed by atoms with Gasteiger partial charge >= 0.3 is 0 Å². The fourth-order valence-corrected chi connectivity index (χ4v) is 4.16. The summed E-state index contributed by atoms with van der Waals surface area (Å²) in [5.74, 6) is -2.58. The van der Waals surface area contributed by atoms with Crippen molar-refractivity contribution in [3.05, 3.63) is 124 Å². The predicted octanol–water partition coefficient (Wildman–Crippen LogP) is 3.42. The first-order valence-electron chi connectivity index (χ1n) is 10.8. The maximum Gasteiger partial charge on any atom is 0.263 e. The number of aromatic nitrogens is 1. The van der Waals surface area contributed by atoms with E-state index in [2.05, 4.69) is 5.32 Å². The predicted molar refractivity (Wildman–Crippen MR) is 131 cm³/mol. The van der Waals surface area contributed by atoms with Crippen molar-refractivity contribution < 1.29 is 22.0 Å². The fraction of sp³-hybridized carbons (Fsp3) is 0.0769. The van der Waals surface area contributed by atoms with Crippen LogP contribution < -0.4 is 16.0 Å². The van der Waals surface area contributed by atoms with Crippen molar-refractivity contribution in [3.63, 3.8) is 0 Å². The lowest BCUT2D eigenvalue weighted by Crippen LogP contribution is -2.32. The van der Waals surface area contributed by atoms with Crippen LogP contribution in [0.15, 0.2) is 94.7 Å². The van der Waals surface area contributed by atoms with Gasteiger partial charge in [-0.05, 0) is 64.7 Å². The maximum atomic E-state index is 13.5. The average molecular weight is 510 g/mol. The molecule has 0 aliphatic carbocycles. The molecule has 4 aromatic rings. The van der Waals surface area contributed by atoms with Gasteiger partial charge in [0.15, 0.2) is 11.6 Å². The summed E-state index contributed by atoms with van der Waals surface area (Å²) in [5, 5.41) is 7.85. The van der Waals surface area contributed by atoms with E-state index in [1.807, 2.05) is 12.1 Å². The summed E-state index contributed by atoms with van der Waals surface area (Å²) in [7, 11) is -3.79. The number of rotatable bonds is 7. The monoisotopic (exact) mass is 509 g/mol. The number of pyridine rings is 1. The molecule has 10 heteroatoms. The molecule has 0 radical (unpaired) electrons. The molecule has 0 aliphatic rings. The molecular weight excluding hydrogens is 488 g/mol. The van der Waals surface area contributed by atoms with E-state index in [1.165, 1.54) is 41.1 Å². The Morgan fingerprint density at radius 3 is 2.31 bits per heavy atom. The van der Waals surface area contributed by atoms with Gasteiger partial charge in [0.05, 0.1) is 11.4 Å². The zero-order valence-corrected chi connectivity index (χ0v) is 19.6. The number of primary sulfonamides is 1. The third-order valence-electron chi connectivity index (χ3n) is 5.50. The van der Waals surface area contributed by atoms with Crippen LogP contribution in [0.3, 0.4) is 0 Å². The third-order valence-corrected chi connectivity index (χ3v) is 6.43. The van der Waals surface area contributed by atoms with Gasteiger partial charge in [-0.15, -0.1) is 0 Å². The normalized spacial score (nSPS) is 11.3. The van der Waals surface area contributed by atoms with E-state index >= 15 is 0 Å². The van der Waals surface area contributed by atoms with Crippen molar-refractivity contribution in [3.8, 4) is 11.1 Å². The zero-order valence-electron chi connectivity index (χ0n) is 18.8. The standard InChI is InChI=1S/C26H21F2N3O4S/c27-23-11-6-18(14-24(23)28)16-31-12-2-5-22(26(31)33)25(32)30-15-17-3-1-4-20(13-17)19-7-9-21(10-8-19)36(29,34)35/h1-14H,15-16H2,(H,30,32)(H2,29,34,35). The van der Waals surface area contributed by atoms with Crippen LogP contribution in [0.4, 0.5) is 8.78 Å². The Morgan fingerprint density at radius 2 is 1.61 bits per heavy atom. The van der Waals surface area contributed by atoms with E-state index in [-0.39, 0.29) is 23.5 Å². The van der Waals surface area contributed by atoms with E-state index in [1.54, 1.807) is 24.3 Å². The van der Waals surface area contributed by atoms with E-state index in [0.717, 1.165) is 28.8 Å². The van der Waals surface area contributed by atoms with Crippen LogP contribution in [0.25, 0.3) is 11.1 Å². The molecule has 0 spiro atoms. The molecule has 1 amide bonds. The van der Waals surface area contributed by atoms with Gasteiger partial charge in [0.1, 0.15) is 5.56 Å². The highest BCUT2D eigenvalue weighted by Crippen LogP contribution is 2.22. The Hall–Kier alpha value is -4.15. The molecule has 0 atom stereocenters. The lowest BCUT2D eigenvalue weighted by atomic mass is 10.0. The van der Waals surface area contributed by atoms with Crippen LogP contribution in [-0.4, -0.2) is 18.9 Å². The van der Waals surface area contributed by atoms with Crippen LogP contribution in [0.5, 0.6) is 0 Å². The minimum atomic E-state index is -3.79. The summed E-state index contributed by atoms with van der Waals surface area (Å²) in [6.45, 7) is 0.114. The molecule has 1 heterocycles. The van der Waals surface area contributed by atoms with Crippen molar-refractivity contribution in [2.24, 2.45) is 5.14 Å². The number of hydrogen-bond acceptors (Lipinski definition) is 4. The first-order valence-corrected chi connectivity index (χ1v) is 12.3. The van der Waals surface area contributed by atoms with Crippen molar-refractivity contribution in [1.29, 1.82) is 0 Å².